The number of hydrogen-bond acceptors (Lipinski definition) is 2. The summed E-state index contributed by atoms with van der Waals surface area (Å²) in [4.78, 5) is 4.23. The van der Waals surface area contributed by atoms with Crippen molar-refractivity contribution in [2.75, 3.05) is 0 Å². The molecule has 1 aromatic rings. The van der Waals surface area contributed by atoms with Gasteiger partial charge >= 0.3 is 0 Å². The second-order valence-electron chi connectivity index (χ2n) is 3.53. The van der Waals surface area contributed by atoms with Gasteiger partial charge in [0.2, 0.25) is 0 Å². The molecule has 0 radical (unpaired) electrons. The Balaban J connectivity index is 2.30. The van der Waals surface area contributed by atoms with Gasteiger partial charge in [0.25, 0.3) is 0 Å². The average Bonchev–Trinajstić information content (AvgIpc) is 2.68. The van der Waals surface area contributed by atoms with E-state index in [4.69, 9.17) is 4.42 Å². The number of oxazole rings is 1. The third kappa shape index (κ3) is 1.17. The molecule has 0 bridgehead atoms. The normalized spacial score (nSPS) is 17.7. The topological polar surface area (TPSA) is 26.0 Å². The molecule has 0 saturated heterocycles. The third-order valence-corrected chi connectivity index (χ3v) is 2.11. The zero-order valence-corrected chi connectivity index (χ0v) is 7.00. The second-order valence-corrected chi connectivity index (χ2v) is 3.53. The van der Waals surface area contributed by atoms with E-state index in [-0.39, 0.29) is 0 Å². The summed E-state index contributed by atoms with van der Waals surface area (Å²) >= 11 is 0. The van der Waals surface area contributed by atoms with Crippen LogP contribution in [0.3, 0.4) is 0 Å². The van der Waals surface area contributed by atoms with Crippen LogP contribution in [-0.4, -0.2) is 4.98 Å². The van der Waals surface area contributed by atoms with Gasteiger partial charge < -0.3 is 4.42 Å². The molecule has 60 valence electrons. The maximum absolute atomic E-state index is 5.32. The Morgan fingerprint density at radius 1 is 1.55 bits per heavy atom. The first kappa shape index (κ1) is 6.89. The molecule has 0 N–H and O–H groups in total. The van der Waals surface area contributed by atoms with Gasteiger partial charge in [0.15, 0.2) is 6.39 Å². The van der Waals surface area contributed by atoms with Crippen molar-refractivity contribution in [3.05, 3.63) is 17.8 Å². The minimum Gasteiger partial charge on any atom is -0.448 e. The Morgan fingerprint density at radius 3 is 2.82 bits per heavy atom. The van der Waals surface area contributed by atoms with Crippen LogP contribution >= 0.6 is 0 Å². The first-order valence-corrected chi connectivity index (χ1v) is 4.22. The van der Waals surface area contributed by atoms with E-state index in [2.05, 4.69) is 18.8 Å². The van der Waals surface area contributed by atoms with Gasteiger partial charge in [-0.2, -0.15) is 0 Å². The molecule has 1 aliphatic rings. The van der Waals surface area contributed by atoms with Gasteiger partial charge in [-0.25, -0.2) is 4.98 Å². The molecule has 0 aliphatic heterocycles. The van der Waals surface area contributed by atoms with E-state index < -0.39 is 0 Å². The minimum atomic E-state index is 0.480. The Morgan fingerprint density at radius 2 is 2.27 bits per heavy atom. The van der Waals surface area contributed by atoms with Gasteiger partial charge in [-0.3, -0.25) is 0 Å². The summed E-state index contributed by atoms with van der Waals surface area (Å²) in [6, 6.07) is 0. The van der Waals surface area contributed by atoms with E-state index in [9.17, 15) is 0 Å². The summed E-state index contributed by atoms with van der Waals surface area (Å²) in [6.07, 6.45) is 4.17. The first-order chi connectivity index (χ1) is 5.29. The van der Waals surface area contributed by atoms with Gasteiger partial charge in [0, 0.05) is 11.8 Å². The highest BCUT2D eigenvalue weighted by Crippen LogP contribution is 2.42. The molecule has 0 amide bonds. The Labute approximate surface area is 66.6 Å². The van der Waals surface area contributed by atoms with E-state index in [0.29, 0.717) is 11.8 Å². The summed E-state index contributed by atoms with van der Waals surface area (Å²) in [5, 5.41) is 0. The largest absolute Gasteiger partial charge is 0.448 e. The Bertz CT molecular complexity index is 231. The van der Waals surface area contributed by atoms with Gasteiger partial charge in [-0.15, -0.1) is 0 Å². The highest BCUT2D eigenvalue weighted by molar-refractivity contribution is 5.20. The minimum absolute atomic E-state index is 0.480. The summed E-state index contributed by atoms with van der Waals surface area (Å²) in [7, 11) is 0. The van der Waals surface area contributed by atoms with Gasteiger partial charge in [-0.05, 0) is 12.8 Å². The number of rotatable bonds is 2. The molecule has 1 aliphatic carbocycles. The van der Waals surface area contributed by atoms with E-state index in [1.54, 1.807) is 6.39 Å². The van der Waals surface area contributed by atoms with E-state index in [0.717, 1.165) is 5.76 Å². The summed E-state index contributed by atoms with van der Waals surface area (Å²) in [5.41, 5.74) is 1.21. The lowest BCUT2D eigenvalue weighted by atomic mass is 10.1. The highest BCUT2D eigenvalue weighted by Gasteiger charge is 2.30. The fourth-order valence-corrected chi connectivity index (χ4v) is 1.36. The molecule has 0 aromatic carbocycles. The number of aromatic nitrogens is 1. The van der Waals surface area contributed by atoms with Crippen molar-refractivity contribution in [3.8, 4) is 0 Å². The van der Waals surface area contributed by atoms with Crippen molar-refractivity contribution < 1.29 is 4.42 Å². The van der Waals surface area contributed by atoms with Crippen molar-refractivity contribution in [3.63, 3.8) is 0 Å². The smallest absolute Gasteiger partial charge is 0.181 e. The quantitative estimate of drug-likeness (QED) is 0.649. The van der Waals surface area contributed by atoms with Crippen molar-refractivity contribution in [2.24, 2.45) is 0 Å². The number of nitrogens with zero attached hydrogens (tertiary/aromatic N) is 1. The van der Waals surface area contributed by atoms with E-state index >= 15 is 0 Å². The highest BCUT2D eigenvalue weighted by atomic mass is 16.3. The molecule has 1 fully saturated rings. The fraction of sp³-hybridized carbons (Fsp3) is 0.667. The van der Waals surface area contributed by atoms with Gasteiger partial charge in [0.1, 0.15) is 5.76 Å². The molecule has 2 heteroatoms. The molecule has 1 saturated carbocycles. The van der Waals surface area contributed by atoms with Crippen LogP contribution in [0.5, 0.6) is 0 Å². The molecule has 1 heterocycles. The fourth-order valence-electron chi connectivity index (χ4n) is 1.36. The molecular weight excluding hydrogens is 138 g/mol. The standard InChI is InChI=1S/C9H13NO/c1-6(2)9-8(7-3-4-7)10-5-11-9/h5-7H,3-4H2,1-2H3. The molecule has 1 aromatic heterocycles. The maximum atomic E-state index is 5.32. The predicted octanol–water partition coefficient (Wildman–Crippen LogP) is 2.68. The lowest BCUT2D eigenvalue weighted by Gasteiger charge is -2.00. The lowest BCUT2D eigenvalue weighted by Crippen LogP contribution is -1.90. The Hall–Kier alpha value is -0.790. The van der Waals surface area contributed by atoms with Crippen LogP contribution in [0.15, 0.2) is 10.8 Å². The van der Waals surface area contributed by atoms with Crippen LogP contribution in [0, 0.1) is 0 Å². The summed E-state index contributed by atoms with van der Waals surface area (Å²) < 4.78 is 5.32. The molecule has 0 unspecified atom stereocenters. The van der Waals surface area contributed by atoms with Crippen molar-refractivity contribution in [1.29, 1.82) is 0 Å². The van der Waals surface area contributed by atoms with Crippen molar-refractivity contribution >= 4 is 0 Å². The SMILES string of the molecule is CC(C)c1ocnc1C1CC1. The molecule has 2 nitrogen and oxygen atoms in total. The molecule has 11 heavy (non-hydrogen) atoms. The zero-order chi connectivity index (χ0) is 7.84. The van der Waals surface area contributed by atoms with Crippen LogP contribution in [0.4, 0.5) is 0 Å². The Kier molecular flexibility index (Phi) is 1.48. The van der Waals surface area contributed by atoms with Crippen LogP contribution < -0.4 is 0 Å². The molecular formula is C9H13NO. The zero-order valence-electron chi connectivity index (χ0n) is 7.00. The average molecular weight is 151 g/mol. The van der Waals surface area contributed by atoms with E-state index in [1.807, 2.05) is 0 Å². The molecule has 2 rings (SSSR count). The second kappa shape index (κ2) is 2.36. The monoisotopic (exact) mass is 151 g/mol. The van der Waals surface area contributed by atoms with Crippen molar-refractivity contribution in [1.82, 2.24) is 4.98 Å². The van der Waals surface area contributed by atoms with Crippen LogP contribution in [0.2, 0.25) is 0 Å². The van der Waals surface area contributed by atoms with Crippen LogP contribution in [0.1, 0.15) is 50.0 Å². The lowest BCUT2D eigenvalue weighted by molar-refractivity contribution is 0.478. The predicted molar refractivity (Wildman–Crippen MR) is 42.6 cm³/mol. The molecule has 0 spiro atoms. The van der Waals surface area contributed by atoms with Gasteiger partial charge in [-0.1, -0.05) is 13.8 Å². The van der Waals surface area contributed by atoms with Crippen LogP contribution in [-0.2, 0) is 0 Å². The van der Waals surface area contributed by atoms with E-state index in [1.165, 1.54) is 18.5 Å². The maximum Gasteiger partial charge on any atom is 0.181 e. The first-order valence-electron chi connectivity index (χ1n) is 4.22. The van der Waals surface area contributed by atoms with Crippen molar-refractivity contribution in [2.45, 2.75) is 38.5 Å². The summed E-state index contributed by atoms with van der Waals surface area (Å²) in [6.45, 7) is 4.29. The van der Waals surface area contributed by atoms with Crippen LogP contribution in [0.25, 0.3) is 0 Å². The third-order valence-electron chi connectivity index (χ3n) is 2.11. The summed E-state index contributed by atoms with van der Waals surface area (Å²) in [5.74, 6) is 2.28. The number of hydrogen-bond donors (Lipinski definition) is 0. The van der Waals surface area contributed by atoms with Gasteiger partial charge in [0.05, 0.1) is 5.69 Å². The molecule has 0 atom stereocenters.